The number of nitrogens with zero attached hydrogens (tertiary/aromatic N) is 2. The van der Waals surface area contributed by atoms with Crippen LogP contribution >= 0.6 is 0 Å². The first-order valence-electron chi connectivity index (χ1n) is 5.95. The maximum absolute atomic E-state index is 13.6. The molecule has 0 amide bonds. The summed E-state index contributed by atoms with van der Waals surface area (Å²) in [6.07, 6.45) is 0. The molecule has 98 valence electrons. The van der Waals surface area contributed by atoms with Crippen molar-refractivity contribution < 1.29 is 9.13 Å². The van der Waals surface area contributed by atoms with Crippen LogP contribution in [0.2, 0.25) is 0 Å². The fourth-order valence-electron chi connectivity index (χ4n) is 2.09. The van der Waals surface area contributed by atoms with Gasteiger partial charge in [0, 0.05) is 13.7 Å². The number of halogens is 1. The normalized spacial score (nSPS) is 19.2. The molecule has 1 aromatic rings. The van der Waals surface area contributed by atoms with Crippen molar-refractivity contribution in [2.24, 2.45) is 10.7 Å². The summed E-state index contributed by atoms with van der Waals surface area (Å²) in [5.74, 6) is 0.308. The zero-order valence-electron chi connectivity index (χ0n) is 10.7. The molecule has 2 N–H and O–H groups in total. The zero-order chi connectivity index (χ0) is 13.1. The van der Waals surface area contributed by atoms with E-state index in [1.807, 2.05) is 11.0 Å². The molecular weight excluding hydrogens is 233 g/mol. The molecular formula is C13H18FN3O. The topological polar surface area (TPSA) is 50.9 Å². The van der Waals surface area contributed by atoms with Gasteiger partial charge in [0.2, 0.25) is 0 Å². The lowest BCUT2D eigenvalue weighted by atomic mass is 10.0. The third kappa shape index (κ3) is 2.46. The second-order valence-electron chi connectivity index (χ2n) is 4.41. The van der Waals surface area contributed by atoms with Crippen LogP contribution in [0.3, 0.4) is 0 Å². The van der Waals surface area contributed by atoms with Gasteiger partial charge < -0.3 is 15.4 Å². The molecule has 0 aromatic heterocycles. The maximum atomic E-state index is 13.6. The van der Waals surface area contributed by atoms with E-state index in [2.05, 4.69) is 4.99 Å². The molecule has 4 nitrogen and oxygen atoms in total. The van der Waals surface area contributed by atoms with Crippen molar-refractivity contribution in [3.63, 3.8) is 0 Å². The Kier molecular flexibility index (Phi) is 3.81. The first-order valence-corrected chi connectivity index (χ1v) is 5.95. The van der Waals surface area contributed by atoms with Crippen LogP contribution in [0.15, 0.2) is 23.2 Å². The van der Waals surface area contributed by atoms with Crippen molar-refractivity contribution in [3.8, 4) is 0 Å². The number of rotatable bonds is 4. The maximum Gasteiger partial charge on any atom is 0.192 e. The highest BCUT2D eigenvalue weighted by Gasteiger charge is 2.27. The van der Waals surface area contributed by atoms with Crippen molar-refractivity contribution >= 4 is 5.96 Å². The molecule has 0 saturated heterocycles. The van der Waals surface area contributed by atoms with E-state index < -0.39 is 0 Å². The number of guanidine groups is 1. The van der Waals surface area contributed by atoms with E-state index in [9.17, 15) is 4.39 Å². The predicted octanol–water partition coefficient (Wildman–Crippen LogP) is 1.45. The van der Waals surface area contributed by atoms with E-state index in [0.29, 0.717) is 31.2 Å². The van der Waals surface area contributed by atoms with Crippen LogP contribution in [0, 0.1) is 12.7 Å². The molecule has 0 bridgehead atoms. The molecule has 1 atom stereocenters. The number of nitrogens with two attached hydrogens (primary N) is 1. The first kappa shape index (κ1) is 12.8. The molecule has 5 heteroatoms. The Bertz CT molecular complexity index is 462. The minimum Gasteiger partial charge on any atom is -0.383 e. The third-order valence-electron chi connectivity index (χ3n) is 3.21. The molecule has 1 aliphatic rings. The van der Waals surface area contributed by atoms with E-state index in [1.165, 1.54) is 0 Å². The number of hydrogen-bond acceptors (Lipinski definition) is 4. The summed E-state index contributed by atoms with van der Waals surface area (Å²) in [6.45, 7) is 3.55. The molecule has 0 fully saturated rings. The van der Waals surface area contributed by atoms with Gasteiger partial charge >= 0.3 is 0 Å². The lowest BCUT2D eigenvalue weighted by Crippen LogP contribution is -2.38. The highest BCUT2D eigenvalue weighted by atomic mass is 19.1. The highest BCUT2D eigenvalue weighted by Crippen LogP contribution is 2.26. The Labute approximate surface area is 106 Å². The van der Waals surface area contributed by atoms with Crippen LogP contribution in [-0.4, -0.2) is 37.7 Å². The summed E-state index contributed by atoms with van der Waals surface area (Å²) in [5.41, 5.74) is 7.39. The number of aliphatic imine (C=N–C) groups is 1. The molecule has 1 heterocycles. The number of methoxy groups -OCH3 is 1. The minimum atomic E-state index is -0.190. The summed E-state index contributed by atoms with van der Waals surface area (Å²) in [7, 11) is 1.64. The summed E-state index contributed by atoms with van der Waals surface area (Å²) in [6, 6.07) is 5.29. The van der Waals surface area contributed by atoms with Crippen molar-refractivity contribution in [2.75, 3.05) is 26.8 Å². The van der Waals surface area contributed by atoms with Gasteiger partial charge in [-0.2, -0.15) is 0 Å². The monoisotopic (exact) mass is 251 g/mol. The predicted molar refractivity (Wildman–Crippen MR) is 68.9 cm³/mol. The quantitative estimate of drug-likeness (QED) is 0.881. The smallest absolute Gasteiger partial charge is 0.192 e. The van der Waals surface area contributed by atoms with Crippen LogP contribution in [0.25, 0.3) is 0 Å². The van der Waals surface area contributed by atoms with E-state index in [-0.39, 0.29) is 11.9 Å². The summed E-state index contributed by atoms with van der Waals surface area (Å²) < 4.78 is 18.6. The van der Waals surface area contributed by atoms with Gasteiger partial charge in [-0.15, -0.1) is 0 Å². The van der Waals surface area contributed by atoms with Gasteiger partial charge in [0.15, 0.2) is 5.96 Å². The Hall–Kier alpha value is -1.62. The molecule has 18 heavy (non-hydrogen) atoms. The van der Waals surface area contributed by atoms with Gasteiger partial charge in [-0.05, 0) is 24.1 Å². The SMILES string of the molecule is COCCN1C(N)=NCC1c1ccc(C)c(F)c1. The van der Waals surface area contributed by atoms with Crippen LogP contribution in [0.1, 0.15) is 17.2 Å². The Morgan fingerprint density at radius 1 is 1.56 bits per heavy atom. The fourth-order valence-corrected chi connectivity index (χ4v) is 2.09. The van der Waals surface area contributed by atoms with Gasteiger partial charge in [0.1, 0.15) is 5.82 Å². The second-order valence-corrected chi connectivity index (χ2v) is 4.41. The molecule has 0 saturated carbocycles. The summed E-state index contributed by atoms with van der Waals surface area (Å²) in [4.78, 5) is 6.17. The average Bonchev–Trinajstić information content (AvgIpc) is 2.72. The van der Waals surface area contributed by atoms with Crippen LogP contribution in [0.5, 0.6) is 0 Å². The molecule has 0 radical (unpaired) electrons. The lowest BCUT2D eigenvalue weighted by Gasteiger charge is -2.26. The van der Waals surface area contributed by atoms with Crippen molar-refractivity contribution in [3.05, 3.63) is 35.1 Å². The van der Waals surface area contributed by atoms with Crippen LogP contribution in [0.4, 0.5) is 4.39 Å². The van der Waals surface area contributed by atoms with Crippen LogP contribution in [-0.2, 0) is 4.74 Å². The summed E-state index contributed by atoms with van der Waals surface area (Å²) in [5, 5.41) is 0. The highest BCUT2D eigenvalue weighted by molar-refractivity contribution is 5.80. The van der Waals surface area contributed by atoms with Gasteiger partial charge in [0.25, 0.3) is 0 Å². The Morgan fingerprint density at radius 2 is 2.33 bits per heavy atom. The number of hydrogen-bond donors (Lipinski definition) is 1. The van der Waals surface area contributed by atoms with E-state index >= 15 is 0 Å². The molecule has 1 unspecified atom stereocenters. The van der Waals surface area contributed by atoms with Gasteiger partial charge in [-0.25, -0.2) is 4.39 Å². The van der Waals surface area contributed by atoms with Gasteiger partial charge in [-0.1, -0.05) is 12.1 Å². The first-order chi connectivity index (χ1) is 8.63. The Morgan fingerprint density at radius 3 is 3.00 bits per heavy atom. The van der Waals surface area contributed by atoms with Gasteiger partial charge in [-0.3, -0.25) is 4.99 Å². The van der Waals surface area contributed by atoms with E-state index in [4.69, 9.17) is 10.5 Å². The Balaban J connectivity index is 2.19. The van der Waals surface area contributed by atoms with Crippen molar-refractivity contribution in [2.45, 2.75) is 13.0 Å². The molecule has 2 rings (SSSR count). The number of ether oxygens (including phenoxy) is 1. The fraction of sp³-hybridized carbons (Fsp3) is 0.462. The van der Waals surface area contributed by atoms with Crippen LogP contribution < -0.4 is 5.73 Å². The van der Waals surface area contributed by atoms with Crippen molar-refractivity contribution in [1.82, 2.24) is 4.90 Å². The third-order valence-corrected chi connectivity index (χ3v) is 3.21. The van der Waals surface area contributed by atoms with Gasteiger partial charge in [0.05, 0.1) is 19.2 Å². The van der Waals surface area contributed by atoms with E-state index in [1.54, 1.807) is 26.2 Å². The average molecular weight is 251 g/mol. The molecule has 0 aliphatic carbocycles. The minimum absolute atomic E-state index is 0.00949. The summed E-state index contributed by atoms with van der Waals surface area (Å²) >= 11 is 0. The zero-order valence-corrected chi connectivity index (χ0v) is 10.7. The second kappa shape index (κ2) is 5.35. The van der Waals surface area contributed by atoms with Crippen molar-refractivity contribution in [1.29, 1.82) is 0 Å². The molecule has 0 spiro atoms. The van der Waals surface area contributed by atoms with E-state index in [0.717, 1.165) is 5.56 Å². The molecule has 1 aromatic carbocycles. The number of aryl methyl sites for hydroxylation is 1. The largest absolute Gasteiger partial charge is 0.383 e. The lowest BCUT2D eigenvalue weighted by molar-refractivity contribution is 0.166. The standard InChI is InChI=1S/C13H18FN3O/c1-9-3-4-10(7-11(9)14)12-8-16-13(15)17(12)5-6-18-2/h3-4,7,12H,5-6,8H2,1-2H3,(H2,15,16). The number of benzene rings is 1. The molecule has 1 aliphatic heterocycles.